The number of aromatic nitrogens is 1. The number of pyridine rings is 1. The third kappa shape index (κ3) is 2.65. The number of nitrogens with zero attached hydrogens (tertiary/aromatic N) is 1. The zero-order chi connectivity index (χ0) is 10.7. The Bertz CT molecular complexity index is 321. The molecule has 15 heavy (non-hydrogen) atoms. The number of hydrogen-bond donors (Lipinski definition) is 2. The van der Waals surface area contributed by atoms with E-state index in [9.17, 15) is 4.39 Å². The van der Waals surface area contributed by atoms with Gasteiger partial charge in [0.1, 0.15) is 0 Å². The average molecular weight is 209 g/mol. The lowest BCUT2D eigenvalue weighted by Gasteiger charge is -2.27. The molecule has 0 unspecified atom stereocenters. The molecule has 0 radical (unpaired) electrons. The van der Waals surface area contributed by atoms with E-state index in [1.54, 1.807) is 12.3 Å². The highest BCUT2D eigenvalue weighted by Crippen LogP contribution is 2.22. The van der Waals surface area contributed by atoms with Crippen LogP contribution in [-0.2, 0) is 0 Å². The number of nitrogens with two attached hydrogens (primary N) is 1. The van der Waals surface area contributed by atoms with Crippen LogP contribution < -0.4 is 11.1 Å². The molecule has 0 aliphatic heterocycles. The summed E-state index contributed by atoms with van der Waals surface area (Å²) in [5.74, 6) is -0.285. The van der Waals surface area contributed by atoms with Gasteiger partial charge in [-0.2, -0.15) is 0 Å². The van der Waals surface area contributed by atoms with Gasteiger partial charge in [0.2, 0.25) is 0 Å². The van der Waals surface area contributed by atoms with Crippen molar-refractivity contribution in [2.75, 3.05) is 5.32 Å². The van der Waals surface area contributed by atoms with Gasteiger partial charge in [-0.15, -0.1) is 0 Å². The smallest absolute Gasteiger partial charge is 0.164 e. The molecule has 2 rings (SSSR count). The molecule has 1 aromatic heterocycles. The number of rotatable bonds is 2. The summed E-state index contributed by atoms with van der Waals surface area (Å²) in [5.41, 5.74) is 6.36. The largest absolute Gasteiger partial charge is 0.380 e. The van der Waals surface area contributed by atoms with Crippen molar-refractivity contribution in [3.8, 4) is 0 Å². The van der Waals surface area contributed by atoms with Crippen LogP contribution in [0.3, 0.4) is 0 Å². The SMILES string of the molecule is NC1CCC(Nc2ccncc2F)CC1. The Morgan fingerprint density at radius 2 is 2.07 bits per heavy atom. The van der Waals surface area contributed by atoms with E-state index in [2.05, 4.69) is 10.3 Å². The first-order chi connectivity index (χ1) is 7.25. The molecule has 4 heteroatoms. The summed E-state index contributed by atoms with van der Waals surface area (Å²) < 4.78 is 13.3. The minimum absolute atomic E-state index is 0.285. The van der Waals surface area contributed by atoms with Crippen LogP contribution in [0.25, 0.3) is 0 Å². The Kier molecular flexibility index (Phi) is 3.16. The van der Waals surface area contributed by atoms with Crippen molar-refractivity contribution in [3.05, 3.63) is 24.3 Å². The summed E-state index contributed by atoms with van der Waals surface area (Å²) in [7, 11) is 0. The van der Waals surface area contributed by atoms with Crippen molar-refractivity contribution < 1.29 is 4.39 Å². The van der Waals surface area contributed by atoms with Gasteiger partial charge in [0.25, 0.3) is 0 Å². The lowest BCUT2D eigenvalue weighted by atomic mass is 9.92. The molecule has 0 spiro atoms. The Morgan fingerprint density at radius 3 is 2.73 bits per heavy atom. The molecule has 3 N–H and O–H groups in total. The predicted molar refractivity (Wildman–Crippen MR) is 58.0 cm³/mol. The lowest BCUT2D eigenvalue weighted by Crippen LogP contribution is -2.33. The third-order valence-corrected chi connectivity index (χ3v) is 2.90. The molecule has 1 fully saturated rings. The maximum Gasteiger partial charge on any atom is 0.164 e. The van der Waals surface area contributed by atoms with E-state index in [0.29, 0.717) is 17.8 Å². The molecule has 3 nitrogen and oxygen atoms in total. The summed E-state index contributed by atoms with van der Waals surface area (Å²) in [4.78, 5) is 3.72. The Balaban J connectivity index is 1.95. The Labute approximate surface area is 88.9 Å². The van der Waals surface area contributed by atoms with Gasteiger partial charge in [-0.25, -0.2) is 4.39 Å². The minimum atomic E-state index is -0.285. The zero-order valence-electron chi connectivity index (χ0n) is 8.62. The van der Waals surface area contributed by atoms with Gasteiger partial charge in [-0.3, -0.25) is 4.98 Å². The first-order valence-corrected chi connectivity index (χ1v) is 5.37. The number of nitrogens with one attached hydrogen (secondary N) is 1. The van der Waals surface area contributed by atoms with Crippen molar-refractivity contribution in [3.63, 3.8) is 0 Å². The monoisotopic (exact) mass is 209 g/mol. The van der Waals surface area contributed by atoms with Gasteiger partial charge in [0, 0.05) is 18.3 Å². The predicted octanol–water partition coefficient (Wildman–Crippen LogP) is 1.90. The van der Waals surface area contributed by atoms with E-state index in [-0.39, 0.29) is 5.82 Å². The van der Waals surface area contributed by atoms with Crippen molar-refractivity contribution in [1.82, 2.24) is 4.98 Å². The number of hydrogen-bond acceptors (Lipinski definition) is 3. The molecule has 1 aliphatic rings. The quantitative estimate of drug-likeness (QED) is 0.782. The molecule has 0 saturated heterocycles. The van der Waals surface area contributed by atoms with Crippen LogP contribution >= 0.6 is 0 Å². The molecule has 0 atom stereocenters. The maximum absolute atomic E-state index is 13.3. The molecule has 1 aromatic rings. The topological polar surface area (TPSA) is 50.9 Å². The summed E-state index contributed by atoms with van der Waals surface area (Å²) in [6.07, 6.45) is 6.90. The fraction of sp³-hybridized carbons (Fsp3) is 0.545. The molecule has 0 amide bonds. The van der Waals surface area contributed by atoms with E-state index >= 15 is 0 Å². The molecular formula is C11H16FN3. The van der Waals surface area contributed by atoms with E-state index in [1.165, 1.54) is 6.20 Å². The average Bonchev–Trinajstić information content (AvgIpc) is 2.25. The second-order valence-corrected chi connectivity index (χ2v) is 4.11. The lowest BCUT2D eigenvalue weighted by molar-refractivity contribution is 0.410. The van der Waals surface area contributed by atoms with Gasteiger partial charge >= 0.3 is 0 Å². The van der Waals surface area contributed by atoms with E-state index in [1.807, 2.05) is 0 Å². The van der Waals surface area contributed by atoms with Crippen molar-refractivity contribution in [1.29, 1.82) is 0 Å². The van der Waals surface area contributed by atoms with Gasteiger partial charge in [0.05, 0.1) is 11.9 Å². The fourth-order valence-corrected chi connectivity index (χ4v) is 1.98. The molecule has 0 aromatic carbocycles. The molecule has 82 valence electrons. The highest BCUT2D eigenvalue weighted by atomic mass is 19.1. The summed E-state index contributed by atoms with van der Waals surface area (Å²) in [6.45, 7) is 0. The summed E-state index contributed by atoms with van der Waals surface area (Å²) in [5, 5.41) is 3.20. The molecule has 1 aliphatic carbocycles. The van der Waals surface area contributed by atoms with Crippen molar-refractivity contribution in [2.45, 2.75) is 37.8 Å². The van der Waals surface area contributed by atoms with Crippen molar-refractivity contribution in [2.24, 2.45) is 5.73 Å². The standard InChI is InChI=1S/C11H16FN3/c12-10-7-14-6-5-11(10)15-9-3-1-8(13)2-4-9/h5-9H,1-4,13H2,(H,14,15). The second-order valence-electron chi connectivity index (χ2n) is 4.11. The Morgan fingerprint density at radius 1 is 1.33 bits per heavy atom. The van der Waals surface area contributed by atoms with Crippen LogP contribution in [-0.4, -0.2) is 17.1 Å². The highest BCUT2D eigenvalue weighted by Gasteiger charge is 2.18. The molecule has 1 saturated carbocycles. The maximum atomic E-state index is 13.3. The van der Waals surface area contributed by atoms with Gasteiger partial charge < -0.3 is 11.1 Å². The third-order valence-electron chi connectivity index (χ3n) is 2.90. The van der Waals surface area contributed by atoms with Gasteiger partial charge in [-0.05, 0) is 31.7 Å². The summed E-state index contributed by atoms with van der Waals surface area (Å²) in [6, 6.07) is 2.34. The Hall–Kier alpha value is -1.16. The highest BCUT2D eigenvalue weighted by molar-refractivity contribution is 5.43. The molecular weight excluding hydrogens is 193 g/mol. The van der Waals surface area contributed by atoms with Crippen LogP contribution in [0.5, 0.6) is 0 Å². The van der Waals surface area contributed by atoms with Crippen LogP contribution in [0.1, 0.15) is 25.7 Å². The first kappa shape index (κ1) is 10.4. The second kappa shape index (κ2) is 4.57. The number of anilines is 1. The molecule has 0 bridgehead atoms. The van der Waals surface area contributed by atoms with E-state index < -0.39 is 0 Å². The van der Waals surface area contributed by atoms with Gasteiger partial charge in [-0.1, -0.05) is 0 Å². The summed E-state index contributed by atoms with van der Waals surface area (Å²) >= 11 is 0. The minimum Gasteiger partial charge on any atom is -0.380 e. The number of halogens is 1. The normalized spacial score (nSPS) is 26.3. The fourth-order valence-electron chi connectivity index (χ4n) is 1.98. The van der Waals surface area contributed by atoms with Crippen LogP contribution in [0, 0.1) is 5.82 Å². The first-order valence-electron chi connectivity index (χ1n) is 5.37. The molecule has 1 heterocycles. The van der Waals surface area contributed by atoms with E-state index in [4.69, 9.17) is 5.73 Å². The van der Waals surface area contributed by atoms with Crippen molar-refractivity contribution >= 4 is 5.69 Å². The van der Waals surface area contributed by atoms with Crippen LogP contribution in [0.2, 0.25) is 0 Å². The van der Waals surface area contributed by atoms with E-state index in [0.717, 1.165) is 25.7 Å². The van der Waals surface area contributed by atoms with Crippen LogP contribution in [0.15, 0.2) is 18.5 Å². The van der Waals surface area contributed by atoms with Crippen LogP contribution in [0.4, 0.5) is 10.1 Å². The van der Waals surface area contributed by atoms with Gasteiger partial charge in [0.15, 0.2) is 5.82 Å². The zero-order valence-corrected chi connectivity index (χ0v) is 8.62.